The highest BCUT2D eigenvalue weighted by Crippen LogP contribution is 2.18. The molecule has 0 atom stereocenters. The summed E-state index contributed by atoms with van der Waals surface area (Å²) in [4.78, 5) is 122. The molecule has 21 heteroatoms. The number of esters is 9. The summed E-state index contributed by atoms with van der Waals surface area (Å²) in [6, 6.07) is 3.74. The zero-order chi connectivity index (χ0) is 62.0. The molecule has 1 rings (SSSR count). The molecule has 81 heavy (non-hydrogen) atoms. The molecule has 0 spiro atoms. The first-order valence-electron chi connectivity index (χ1n) is 28.2. The number of rotatable bonds is 33. The van der Waals surface area contributed by atoms with Gasteiger partial charge in [-0.15, -0.1) is 0 Å². The number of benzene rings is 1. The first kappa shape index (κ1) is 73.3. The topological polar surface area (TPSA) is 246 Å². The Morgan fingerprint density at radius 1 is 0.284 bits per heavy atom. The number of ether oxygens (including phenoxy) is 9. The summed E-state index contributed by atoms with van der Waals surface area (Å²) in [5, 5.41) is 0. The third-order valence-corrected chi connectivity index (χ3v) is 10.5. The fourth-order valence-corrected chi connectivity index (χ4v) is 7.45. The molecule has 0 unspecified atom stereocenters. The van der Waals surface area contributed by atoms with E-state index in [2.05, 4.69) is 0 Å². The van der Waals surface area contributed by atoms with E-state index in [1.165, 1.54) is 18.2 Å². The largest absolute Gasteiger partial charge is 0.462 e. The van der Waals surface area contributed by atoms with Crippen LogP contribution in [0, 0.1) is 0 Å². The van der Waals surface area contributed by atoms with Gasteiger partial charge in [-0.3, -0.25) is 28.8 Å². The van der Waals surface area contributed by atoms with Crippen LogP contribution in [0.5, 0.6) is 0 Å². The van der Waals surface area contributed by atoms with Gasteiger partial charge in [0.15, 0.2) is 0 Å². The molecule has 0 saturated heterocycles. The van der Waals surface area contributed by atoms with Crippen molar-refractivity contribution in [1.82, 2.24) is 14.7 Å². The Balaban J connectivity index is 3.37. The van der Waals surface area contributed by atoms with Crippen molar-refractivity contribution in [3.8, 4) is 0 Å². The maximum Gasteiger partial charge on any atom is 0.338 e. The van der Waals surface area contributed by atoms with Gasteiger partial charge in [0, 0.05) is 58.9 Å². The normalized spacial score (nSPS) is 12.4. The molecule has 1 aromatic carbocycles. The lowest BCUT2D eigenvalue weighted by atomic mass is 10.1. The minimum absolute atomic E-state index is 0.0497. The van der Waals surface area contributed by atoms with E-state index in [0.29, 0.717) is 19.6 Å². The predicted octanol–water partition coefficient (Wildman–Crippen LogP) is 8.62. The quantitative estimate of drug-likeness (QED) is 0.0363. The summed E-state index contributed by atoms with van der Waals surface area (Å²) in [6.45, 7) is 34.0. The van der Waals surface area contributed by atoms with Gasteiger partial charge >= 0.3 is 53.7 Å². The molecule has 0 aromatic heterocycles. The SMILES string of the molecule is CC(C)(C)OC(=O)CCN(CCCOC(=O)c1cc(C(=O)OCCCN(CCC(=O)OC(C)(C)C)CCC(=O)OC(C)(C)C)cc(C(=O)OCCCN(CCC(=O)OC(C)(C)C)CCC(=O)OC(C)(C)C)c1)CCC(=O)OC(C)(C)C. The monoisotopic (exact) mass is 1150 g/mol. The fourth-order valence-electron chi connectivity index (χ4n) is 7.45. The zero-order valence-electron chi connectivity index (χ0n) is 52.3. The lowest BCUT2D eigenvalue weighted by molar-refractivity contribution is -0.157. The molecule has 0 saturated carbocycles. The van der Waals surface area contributed by atoms with Gasteiger partial charge in [0.05, 0.1) is 75.0 Å². The van der Waals surface area contributed by atoms with Crippen molar-refractivity contribution in [3.63, 3.8) is 0 Å². The summed E-state index contributed by atoms with van der Waals surface area (Å²) in [7, 11) is 0. The minimum atomic E-state index is -0.857. The number of hydrogen-bond donors (Lipinski definition) is 0. The second-order valence-electron chi connectivity index (χ2n) is 25.8. The van der Waals surface area contributed by atoms with E-state index in [1.807, 2.05) is 14.7 Å². The number of nitrogens with zero attached hydrogens (tertiary/aromatic N) is 3. The number of hydrogen-bond acceptors (Lipinski definition) is 21. The van der Waals surface area contributed by atoms with Crippen LogP contribution in [-0.4, -0.2) is 181 Å². The lowest BCUT2D eigenvalue weighted by Crippen LogP contribution is -2.33. The van der Waals surface area contributed by atoms with E-state index in [-0.39, 0.29) is 134 Å². The van der Waals surface area contributed by atoms with Crippen molar-refractivity contribution >= 4 is 53.7 Å². The third-order valence-electron chi connectivity index (χ3n) is 10.5. The van der Waals surface area contributed by atoms with E-state index in [4.69, 9.17) is 42.6 Å². The van der Waals surface area contributed by atoms with E-state index >= 15 is 0 Å². The first-order valence-corrected chi connectivity index (χ1v) is 28.2. The van der Waals surface area contributed by atoms with Gasteiger partial charge in [-0.2, -0.15) is 0 Å². The van der Waals surface area contributed by atoms with Crippen LogP contribution in [0.3, 0.4) is 0 Å². The highest BCUT2D eigenvalue weighted by atomic mass is 16.6. The molecule has 462 valence electrons. The first-order chi connectivity index (χ1) is 37.1. The number of carbonyl (C=O) groups is 9. The molecule has 0 N–H and O–H groups in total. The van der Waals surface area contributed by atoms with Crippen molar-refractivity contribution in [3.05, 3.63) is 34.9 Å². The van der Waals surface area contributed by atoms with Gasteiger partial charge in [0.2, 0.25) is 0 Å². The second-order valence-corrected chi connectivity index (χ2v) is 25.8. The predicted molar refractivity (Wildman–Crippen MR) is 303 cm³/mol. The Bertz CT molecular complexity index is 1850. The molecule has 0 heterocycles. The molecule has 0 aliphatic heterocycles. The van der Waals surface area contributed by atoms with E-state index in [0.717, 1.165) is 0 Å². The molecular formula is C60H99N3O18. The minimum Gasteiger partial charge on any atom is -0.462 e. The maximum absolute atomic E-state index is 13.7. The summed E-state index contributed by atoms with van der Waals surface area (Å²) in [5.41, 5.74) is -4.54. The van der Waals surface area contributed by atoms with Crippen LogP contribution in [0.4, 0.5) is 0 Å². The molecule has 0 aliphatic rings. The maximum atomic E-state index is 13.7. The third kappa shape index (κ3) is 39.4. The van der Waals surface area contributed by atoms with Gasteiger partial charge in [0.1, 0.15) is 33.6 Å². The van der Waals surface area contributed by atoms with Crippen molar-refractivity contribution in [1.29, 1.82) is 0 Å². The van der Waals surface area contributed by atoms with Crippen LogP contribution in [-0.2, 0) is 71.4 Å². The summed E-state index contributed by atoms with van der Waals surface area (Å²) >= 11 is 0. The van der Waals surface area contributed by atoms with Crippen molar-refractivity contribution in [2.24, 2.45) is 0 Å². The van der Waals surface area contributed by atoms with Crippen molar-refractivity contribution < 1.29 is 85.8 Å². The fraction of sp³-hybridized carbons (Fsp3) is 0.750. The molecule has 1 aromatic rings. The van der Waals surface area contributed by atoms with Crippen molar-refractivity contribution in [2.45, 2.75) is 216 Å². The Morgan fingerprint density at radius 2 is 0.444 bits per heavy atom. The van der Waals surface area contributed by atoms with Crippen LogP contribution < -0.4 is 0 Å². The van der Waals surface area contributed by atoms with Gasteiger partial charge in [-0.1, -0.05) is 0 Å². The van der Waals surface area contributed by atoms with Crippen LogP contribution in [0.25, 0.3) is 0 Å². The molecule has 0 fully saturated rings. The smallest absolute Gasteiger partial charge is 0.338 e. The van der Waals surface area contributed by atoms with E-state index in [1.54, 1.807) is 125 Å². The standard InChI is InChI=1S/C60H99N3O18/c1-55(2,3)76-46(64)22-31-61(32-23-47(65)77-56(4,5)6)28-19-37-73-52(70)43-40-44(53(71)74-38-20-29-62(33-24-48(66)78-57(7,8)9)34-25-49(67)79-58(10,11)12)42-45(41-43)54(72)75-39-21-30-63(35-26-50(68)80-59(13,14)15)36-27-51(69)81-60(16,17)18/h40-42H,19-39H2,1-18H3. The Morgan fingerprint density at radius 3 is 0.593 bits per heavy atom. The Labute approximate surface area is 482 Å². The van der Waals surface area contributed by atoms with Crippen LogP contribution in [0.15, 0.2) is 18.2 Å². The van der Waals surface area contributed by atoms with Crippen LogP contribution >= 0.6 is 0 Å². The average Bonchev–Trinajstić information content (AvgIpc) is 3.28. The Hall–Kier alpha value is -5.67. The zero-order valence-corrected chi connectivity index (χ0v) is 52.3. The lowest BCUT2D eigenvalue weighted by Gasteiger charge is -2.25. The molecule has 0 bridgehead atoms. The summed E-state index contributed by atoms with van der Waals surface area (Å²) in [6.07, 6.45) is 1.14. The molecular weight excluding hydrogens is 1050 g/mol. The van der Waals surface area contributed by atoms with Crippen LogP contribution in [0.1, 0.15) is 213 Å². The van der Waals surface area contributed by atoms with E-state index in [9.17, 15) is 43.2 Å². The average molecular weight is 1150 g/mol. The summed E-state index contributed by atoms with van der Waals surface area (Å²) < 4.78 is 49.8. The van der Waals surface area contributed by atoms with Gasteiger partial charge in [-0.05, 0) is 162 Å². The second kappa shape index (κ2) is 34.1. The van der Waals surface area contributed by atoms with Crippen molar-refractivity contribution in [2.75, 3.05) is 78.7 Å². The molecule has 0 amide bonds. The van der Waals surface area contributed by atoms with Crippen LogP contribution in [0.2, 0.25) is 0 Å². The Kier molecular flexibility index (Phi) is 30.8. The molecule has 21 nitrogen and oxygen atoms in total. The van der Waals surface area contributed by atoms with Gasteiger partial charge < -0.3 is 57.3 Å². The highest BCUT2D eigenvalue weighted by Gasteiger charge is 2.25. The molecule has 0 aliphatic carbocycles. The van der Waals surface area contributed by atoms with E-state index < -0.39 is 87.3 Å². The highest BCUT2D eigenvalue weighted by molar-refractivity contribution is 6.00. The van der Waals surface area contributed by atoms with Gasteiger partial charge in [-0.25, -0.2) is 14.4 Å². The summed E-state index contributed by atoms with van der Waals surface area (Å²) in [5.74, 6) is -5.05. The number of carbonyl (C=O) groups excluding carboxylic acids is 9. The van der Waals surface area contributed by atoms with Gasteiger partial charge in [0.25, 0.3) is 0 Å². The molecule has 0 radical (unpaired) electrons.